The molecular formula is C20H28N4O3S. The van der Waals surface area contributed by atoms with Gasteiger partial charge in [0.15, 0.2) is 0 Å². The quantitative estimate of drug-likeness (QED) is 0.693. The highest BCUT2D eigenvalue weighted by Crippen LogP contribution is 2.27. The largest absolute Gasteiger partial charge is 0.353 e. The third kappa shape index (κ3) is 6.45. The van der Waals surface area contributed by atoms with E-state index in [1.807, 2.05) is 45.9 Å². The Labute approximate surface area is 170 Å². The van der Waals surface area contributed by atoms with Gasteiger partial charge in [-0.2, -0.15) is 0 Å². The normalized spacial score (nSPS) is 16.5. The molecule has 7 nitrogen and oxygen atoms in total. The van der Waals surface area contributed by atoms with Gasteiger partial charge >= 0.3 is 0 Å². The number of likely N-dealkylation sites (N-methyl/N-ethyl adjacent to an activating group) is 1. The van der Waals surface area contributed by atoms with E-state index in [4.69, 9.17) is 0 Å². The van der Waals surface area contributed by atoms with Crippen LogP contribution in [-0.4, -0.2) is 59.1 Å². The highest BCUT2D eigenvalue weighted by atomic mass is 32.2. The monoisotopic (exact) mass is 404 g/mol. The topological polar surface area (TPSA) is 90.9 Å². The van der Waals surface area contributed by atoms with Crippen LogP contribution in [0.1, 0.15) is 31.4 Å². The van der Waals surface area contributed by atoms with Crippen molar-refractivity contribution in [2.45, 2.75) is 45.4 Å². The third-order valence-corrected chi connectivity index (χ3v) is 5.32. The standard InChI is InChI=1S/C20H28N4O3S/c1-12(2)21-17(26)10-24(5)11-18-23-20(27)15(28-18)9-16(25)22-19-13(3)7-6-8-14(19)4/h6-8,12,15H,9-11H2,1-5H3,(H,21,26)(H,22,25)/t15-/m0/s1. The fourth-order valence-corrected chi connectivity index (χ4v) is 4.06. The maximum atomic E-state index is 12.4. The Kier molecular flexibility index (Phi) is 7.77. The number of rotatable bonds is 8. The molecule has 1 aliphatic rings. The van der Waals surface area contributed by atoms with Crippen LogP contribution in [0.3, 0.4) is 0 Å². The first kappa shape index (κ1) is 22.1. The molecule has 1 heterocycles. The van der Waals surface area contributed by atoms with Crippen molar-refractivity contribution in [1.29, 1.82) is 0 Å². The SMILES string of the molecule is Cc1cccc(C)c1NC(=O)C[C@@H]1SC(CN(C)CC(=O)NC(C)C)=NC1=O. The number of thioether (sulfide) groups is 1. The number of hydrogen-bond acceptors (Lipinski definition) is 5. The number of carbonyl (C=O) groups is 3. The number of anilines is 1. The second-order valence-corrected chi connectivity index (χ2v) is 8.64. The van der Waals surface area contributed by atoms with Gasteiger partial charge in [-0.1, -0.05) is 30.0 Å². The molecule has 0 spiro atoms. The second kappa shape index (κ2) is 9.84. The number of nitrogens with one attached hydrogen (secondary N) is 2. The number of para-hydroxylation sites is 1. The Morgan fingerprint density at radius 1 is 1.21 bits per heavy atom. The van der Waals surface area contributed by atoms with Crippen molar-refractivity contribution >= 4 is 40.2 Å². The van der Waals surface area contributed by atoms with Crippen LogP contribution in [0.15, 0.2) is 23.2 Å². The van der Waals surface area contributed by atoms with Crippen LogP contribution in [0.25, 0.3) is 0 Å². The maximum absolute atomic E-state index is 12.4. The molecule has 0 bridgehead atoms. The number of nitrogens with zero attached hydrogens (tertiary/aromatic N) is 2. The van der Waals surface area contributed by atoms with Gasteiger partial charge < -0.3 is 10.6 Å². The van der Waals surface area contributed by atoms with E-state index in [1.165, 1.54) is 11.8 Å². The van der Waals surface area contributed by atoms with Crippen molar-refractivity contribution in [1.82, 2.24) is 10.2 Å². The summed E-state index contributed by atoms with van der Waals surface area (Å²) in [6, 6.07) is 5.89. The van der Waals surface area contributed by atoms with Gasteiger partial charge in [0.05, 0.1) is 11.6 Å². The number of benzene rings is 1. The molecule has 1 atom stereocenters. The molecule has 8 heteroatoms. The first-order valence-corrected chi connectivity index (χ1v) is 10.2. The summed E-state index contributed by atoms with van der Waals surface area (Å²) in [5.74, 6) is -0.571. The lowest BCUT2D eigenvalue weighted by Crippen LogP contribution is -2.39. The molecule has 0 aliphatic carbocycles. The molecule has 1 aliphatic heterocycles. The van der Waals surface area contributed by atoms with E-state index in [2.05, 4.69) is 15.6 Å². The summed E-state index contributed by atoms with van der Waals surface area (Å²) in [5, 5.41) is 5.85. The van der Waals surface area contributed by atoms with Crippen molar-refractivity contribution in [3.8, 4) is 0 Å². The lowest BCUT2D eigenvalue weighted by molar-refractivity contribution is -0.122. The molecule has 0 radical (unpaired) electrons. The van der Waals surface area contributed by atoms with E-state index in [1.54, 1.807) is 11.9 Å². The first-order chi connectivity index (χ1) is 13.2. The van der Waals surface area contributed by atoms with Crippen LogP contribution in [0, 0.1) is 13.8 Å². The number of aliphatic imine (C=N–C) groups is 1. The lowest BCUT2D eigenvalue weighted by Gasteiger charge is -2.17. The van der Waals surface area contributed by atoms with Crippen molar-refractivity contribution in [2.24, 2.45) is 4.99 Å². The van der Waals surface area contributed by atoms with E-state index < -0.39 is 5.25 Å². The van der Waals surface area contributed by atoms with Crippen LogP contribution in [0.4, 0.5) is 5.69 Å². The van der Waals surface area contributed by atoms with Crippen LogP contribution in [-0.2, 0) is 14.4 Å². The Morgan fingerprint density at radius 3 is 2.46 bits per heavy atom. The van der Waals surface area contributed by atoms with Gasteiger partial charge in [0.2, 0.25) is 11.8 Å². The van der Waals surface area contributed by atoms with Gasteiger partial charge in [0.1, 0.15) is 5.25 Å². The van der Waals surface area contributed by atoms with Crippen molar-refractivity contribution in [3.05, 3.63) is 29.3 Å². The van der Waals surface area contributed by atoms with E-state index in [-0.39, 0.29) is 36.7 Å². The summed E-state index contributed by atoms with van der Waals surface area (Å²) in [7, 11) is 1.80. The summed E-state index contributed by atoms with van der Waals surface area (Å²) in [6.07, 6.45) is 0.0713. The fourth-order valence-electron chi connectivity index (χ4n) is 2.91. The number of carbonyl (C=O) groups excluding carboxylic acids is 3. The maximum Gasteiger partial charge on any atom is 0.260 e. The fraction of sp³-hybridized carbons (Fsp3) is 0.500. The zero-order chi connectivity index (χ0) is 20.8. The molecule has 0 saturated heterocycles. The van der Waals surface area contributed by atoms with Crippen LogP contribution >= 0.6 is 11.8 Å². The van der Waals surface area contributed by atoms with Crippen LogP contribution in [0.5, 0.6) is 0 Å². The average molecular weight is 405 g/mol. The molecule has 2 N–H and O–H groups in total. The molecular weight excluding hydrogens is 376 g/mol. The highest BCUT2D eigenvalue weighted by Gasteiger charge is 2.31. The molecule has 3 amide bonds. The molecule has 152 valence electrons. The smallest absolute Gasteiger partial charge is 0.260 e. The molecule has 28 heavy (non-hydrogen) atoms. The average Bonchev–Trinajstić information content (AvgIpc) is 2.89. The Morgan fingerprint density at radius 2 is 1.86 bits per heavy atom. The van der Waals surface area contributed by atoms with Crippen LogP contribution in [0.2, 0.25) is 0 Å². The molecule has 0 saturated carbocycles. The molecule has 0 fully saturated rings. The van der Waals surface area contributed by atoms with Crippen molar-refractivity contribution in [3.63, 3.8) is 0 Å². The van der Waals surface area contributed by atoms with Crippen molar-refractivity contribution < 1.29 is 14.4 Å². The van der Waals surface area contributed by atoms with Crippen LogP contribution < -0.4 is 10.6 Å². The summed E-state index contributed by atoms with van der Waals surface area (Å²) >= 11 is 1.30. The first-order valence-electron chi connectivity index (χ1n) is 9.27. The zero-order valence-corrected chi connectivity index (χ0v) is 17.9. The molecule has 0 unspecified atom stereocenters. The molecule has 1 aromatic rings. The summed E-state index contributed by atoms with van der Waals surface area (Å²) < 4.78 is 0. The zero-order valence-electron chi connectivity index (χ0n) is 17.0. The number of amides is 3. The van der Waals surface area contributed by atoms with Gasteiger partial charge in [0.25, 0.3) is 5.91 Å². The highest BCUT2D eigenvalue weighted by molar-refractivity contribution is 8.15. The Bertz CT molecular complexity index is 771. The lowest BCUT2D eigenvalue weighted by atomic mass is 10.1. The van der Waals surface area contributed by atoms with Gasteiger partial charge in [-0.3, -0.25) is 19.3 Å². The summed E-state index contributed by atoms with van der Waals surface area (Å²) in [5.41, 5.74) is 2.76. The minimum Gasteiger partial charge on any atom is -0.353 e. The number of hydrogen-bond donors (Lipinski definition) is 2. The molecule has 2 rings (SSSR count). The predicted molar refractivity (Wildman–Crippen MR) is 114 cm³/mol. The Balaban J connectivity index is 1.85. The number of aryl methyl sites for hydroxylation is 2. The van der Waals surface area contributed by atoms with E-state index in [9.17, 15) is 14.4 Å². The van der Waals surface area contributed by atoms with Gasteiger partial charge in [-0.05, 0) is 45.9 Å². The molecule has 0 aromatic heterocycles. The van der Waals surface area contributed by atoms with Crippen molar-refractivity contribution in [2.75, 3.05) is 25.5 Å². The molecule has 1 aromatic carbocycles. The summed E-state index contributed by atoms with van der Waals surface area (Å²) in [4.78, 5) is 42.3. The minimum absolute atomic E-state index is 0.0713. The second-order valence-electron chi connectivity index (χ2n) is 7.36. The summed E-state index contributed by atoms with van der Waals surface area (Å²) in [6.45, 7) is 8.30. The van der Waals surface area contributed by atoms with E-state index in [0.717, 1.165) is 16.8 Å². The predicted octanol–water partition coefficient (Wildman–Crippen LogP) is 2.13. The minimum atomic E-state index is -0.516. The van der Waals surface area contributed by atoms with Gasteiger partial charge in [-0.15, -0.1) is 0 Å². The Hall–Kier alpha value is -2.19. The van der Waals surface area contributed by atoms with E-state index in [0.29, 0.717) is 11.6 Å². The van der Waals surface area contributed by atoms with Gasteiger partial charge in [0, 0.05) is 24.7 Å². The van der Waals surface area contributed by atoms with Gasteiger partial charge in [-0.25, -0.2) is 4.99 Å². The third-order valence-electron chi connectivity index (χ3n) is 4.17. The van der Waals surface area contributed by atoms with E-state index >= 15 is 0 Å².